The van der Waals surface area contributed by atoms with Gasteiger partial charge in [0.15, 0.2) is 0 Å². The minimum absolute atomic E-state index is 0.678. The van der Waals surface area contributed by atoms with Gasteiger partial charge in [-0.3, -0.25) is 0 Å². The summed E-state index contributed by atoms with van der Waals surface area (Å²) in [5.74, 6) is 0. The first kappa shape index (κ1) is 18.0. The van der Waals surface area contributed by atoms with Crippen LogP contribution in [0.2, 0.25) is 13.1 Å². The first-order valence-electron chi connectivity index (χ1n) is 9.61. The Labute approximate surface area is 181 Å². The van der Waals surface area contributed by atoms with Gasteiger partial charge in [-0.2, -0.15) is 0 Å². The molecule has 0 amide bonds. The fraction of sp³-hybridized carbons (Fsp3) is 0.250. The van der Waals surface area contributed by atoms with Crippen LogP contribution in [0.3, 0.4) is 0 Å². The topological polar surface area (TPSA) is 0 Å². The van der Waals surface area contributed by atoms with Crippen LogP contribution in [0.1, 0.15) is 44.6 Å². The molecule has 3 heterocycles. The van der Waals surface area contributed by atoms with Crippen LogP contribution in [0.5, 0.6) is 0 Å². The summed E-state index contributed by atoms with van der Waals surface area (Å²) < 4.78 is 0.678. The molecule has 0 spiro atoms. The molecule has 1 aromatic heterocycles. The van der Waals surface area contributed by atoms with E-state index in [-0.39, 0.29) is 0 Å². The summed E-state index contributed by atoms with van der Waals surface area (Å²) in [4.78, 5) is 1.68. The molecule has 2 aliphatic heterocycles. The molecule has 0 N–H and O–H groups in total. The maximum atomic E-state index is 2.51. The van der Waals surface area contributed by atoms with Crippen molar-refractivity contribution in [2.75, 3.05) is 0 Å². The van der Waals surface area contributed by atoms with Gasteiger partial charge in [0.25, 0.3) is 0 Å². The Morgan fingerprint density at radius 2 is 1.78 bits per heavy atom. The van der Waals surface area contributed by atoms with Crippen molar-refractivity contribution in [2.24, 2.45) is 0 Å². The number of hydrogen-bond acceptors (Lipinski definition) is 1. The fourth-order valence-electron chi connectivity index (χ4n) is 5.38. The van der Waals surface area contributed by atoms with Gasteiger partial charge in [-0.15, -0.1) is 11.3 Å². The molecule has 27 heavy (non-hydrogen) atoms. The maximum absolute atomic E-state index is 2.51. The number of allylic oxidation sites excluding steroid dienone is 2. The molecule has 2 unspecified atom stereocenters. The zero-order valence-electron chi connectivity index (χ0n) is 16.3. The Bertz CT molecular complexity index is 1150. The van der Waals surface area contributed by atoms with Gasteiger partial charge in [0.2, 0.25) is 0 Å². The number of benzene rings is 2. The van der Waals surface area contributed by atoms with Gasteiger partial charge in [-0.25, -0.2) is 0 Å². The van der Waals surface area contributed by atoms with E-state index < -0.39 is 8.07 Å². The fourth-order valence-corrected chi connectivity index (χ4v) is 12.5. The van der Waals surface area contributed by atoms with Crippen molar-refractivity contribution in [1.29, 1.82) is 0 Å². The van der Waals surface area contributed by atoms with Crippen molar-refractivity contribution in [1.82, 2.24) is 0 Å². The van der Waals surface area contributed by atoms with E-state index in [2.05, 4.69) is 80.9 Å². The normalized spacial score (nSPS) is 23.3. The molecule has 2 atom stereocenters. The molecule has 0 saturated carbocycles. The third kappa shape index (κ3) is 2.48. The first-order valence-corrected chi connectivity index (χ1v) is 15.0. The van der Waals surface area contributed by atoms with Crippen molar-refractivity contribution in [2.45, 2.75) is 36.1 Å². The van der Waals surface area contributed by atoms with Crippen molar-refractivity contribution < 1.29 is 24.7 Å². The second-order valence-electron chi connectivity index (χ2n) is 8.52. The average Bonchev–Trinajstić information content (AvgIpc) is 3.33. The van der Waals surface area contributed by atoms with Crippen molar-refractivity contribution in [3.8, 4) is 0 Å². The third-order valence-corrected chi connectivity index (χ3v) is 13.8. The predicted octanol–water partition coefficient (Wildman–Crippen LogP) is 7.26. The van der Waals surface area contributed by atoms with Crippen LogP contribution in [0.25, 0.3) is 22.0 Å². The second-order valence-corrected chi connectivity index (χ2v) is 15.4. The summed E-state index contributed by atoms with van der Waals surface area (Å²) in [7, 11) is -0.972. The summed E-state index contributed by atoms with van der Waals surface area (Å²) in [6.45, 7) is 9.58. The van der Waals surface area contributed by atoms with Crippen LogP contribution in [0, 0.1) is 0 Å². The number of thiophene rings is 1. The molecule has 2 bridgehead atoms. The van der Waals surface area contributed by atoms with E-state index in [1.54, 1.807) is 45.9 Å². The van der Waals surface area contributed by atoms with Crippen LogP contribution in [0.4, 0.5) is 0 Å². The third-order valence-electron chi connectivity index (χ3n) is 6.56. The van der Waals surface area contributed by atoms with E-state index >= 15 is 0 Å². The van der Waals surface area contributed by atoms with E-state index in [4.69, 9.17) is 0 Å². The molecular weight excluding hydrogens is 440 g/mol. The summed E-state index contributed by atoms with van der Waals surface area (Å²) in [5, 5.41) is 6.77. The summed E-state index contributed by atoms with van der Waals surface area (Å²) >= 11 is 3.56. The molecule has 0 radical (unpaired) electrons. The van der Waals surface area contributed by atoms with Crippen LogP contribution < -0.4 is 0 Å². The van der Waals surface area contributed by atoms with Crippen LogP contribution in [-0.2, 0) is 24.7 Å². The molecule has 3 heteroatoms. The molecule has 0 fully saturated rings. The van der Waals surface area contributed by atoms with Gasteiger partial charge >= 0.3 is 105 Å². The summed E-state index contributed by atoms with van der Waals surface area (Å²) in [5.41, 5.74) is 8.67. The van der Waals surface area contributed by atoms with Crippen LogP contribution in [-0.4, -0.2) is 8.07 Å². The van der Waals surface area contributed by atoms with Crippen molar-refractivity contribution in [3.05, 3.63) is 80.6 Å². The van der Waals surface area contributed by atoms with E-state index in [0.717, 1.165) is 5.54 Å². The Balaban J connectivity index is 0.000000121. The van der Waals surface area contributed by atoms with Gasteiger partial charge in [-0.05, 0) is 23.9 Å². The van der Waals surface area contributed by atoms with E-state index in [9.17, 15) is 0 Å². The monoisotopic (exact) mass is 461 g/mol. The zero-order valence-corrected chi connectivity index (χ0v) is 20.5. The van der Waals surface area contributed by atoms with Gasteiger partial charge in [0, 0.05) is 10.4 Å². The molecule has 3 aromatic rings. The predicted molar refractivity (Wildman–Crippen MR) is 117 cm³/mol. The molecule has 7 rings (SSSR count). The Morgan fingerprint density at radius 3 is 2.52 bits per heavy atom. The average molecular weight is 463 g/mol. The number of fused-ring (bicyclic) bond motifs is 3. The zero-order chi connectivity index (χ0) is 18.9. The quantitative estimate of drug-likeness (QED) is 0.308. The van der Waals surface area contributed by atoms with E-state index in [0.29, 0.717) is 3.63 Å². The Kier molecular flexibility index (Phi) is 4.17. The summed E-state index contributed by atoms with van der Waals surface area (Å²) in [6.07, 6.45) is 2.36. The van der Waals surface area contributed by atoms with E-state index in [1.165, 1.54) is 27.5 Å². The molecule has 2 aliphatic carbocycles. The molecule has 0 nitrogen and oxygen atoms in total. The molecule has 2 aromatic carbocycles. The number of rotatable bonds is 0. The van der Waals surface area contributed by atoms with Gasteiger partial charge in [0.1, 0.15) is 0 Å². The van der Waals surface area contributed by atoms with Gasteiger partial charge in [0.05, 0.1) is 8.07 Å². The summed E-state index contributed by atoms with van der Waals surface area (Å²) in [6, 6.07) is 15.5. The molecular formula is C24H23SSiZr. The van der Waals surface area contributed by atoms with Crippen molar-refractivity contribution in [3.63, 3.8) is 0 Å². The van der Waals surface area contributed by atoms with Crippen molar-refractivity contribution >= 4 is 41.5 Å². The van der Waals surface area contributed by atoms with Crippen LogP contribution >= 0.6 is 11.3 Å². The van der Waals surface area contributed by atoms with Gasteiger partial charge in [-0.1, -0.05) is 23.9 Å². The Hall–Kier alpha value is -1.02. The SMILES string of the molecule is CC1=C2c3ccsc3C1[Si]2(C)C.CC1=Cc2c(ccc3ccccc23)[CH]1[Zr]. The minimum atomic E-state index is -0.972. The first-order chi connectivity index (χ1) is 12.9. The van der Waals surface area contributed by atoms with E-state index in [1.807, 2.05) is 11.3 Å². The van der Waals surface area contributed by atoms with Gasteiger partial charge < -0.3 is 0 Å². The Morgan fingerprint density at radius 1 is 1.00 bits per heavy atom. The second kappa shape index (κ2) is 6.24. The van der Waals surface area contributed by atoms with Crippen LogP contribution in [0.15, 0.2) is 59.0 Å². The molecule has 0 saturated heterocycles. The number of hydrogen-bond donors (Lipinski definition) is 0. The molecule has 4 aliphatic rings. The standard InChI is InChI=1S/C14H11.C10H12SSi.Zr/c1-10-8-12-7-6-11-4-2-3-5-13(11)14(12)9-10;1-6-9-7-4-5-11-8(7)10(6)12(9,2)3;/h2-9H,1H3;4-5,10H,1-3H3;. The molecule has 133 valence electrons.